The van der Waals surface area contributed by atoms with E-state index in [-0.39, 0.29) is 11.1 Å². The van der Waals surface area contributed by atoms with Crippen LogP contribution in [-0.2, 0) is 4.79 Å². The zero-order chi connectivity index (χ0) is 10.8. The average Bonchev–Trinajstić information content (AvgIpc) is 2.77. The van der Waals surface area contributed by atoms with Gasteiger partial charge in [-0.2, -0.15) is 5.10 Å². The van der Waals surface area contributed by atoms with E-state index < -0.39 is 6.04 Å². The molecular weight excluding hydrogens is 216 g/mol. The molecule has 1 aromatic heterocycles. The van der Waals surface area contributed by atoms with E-state index >= 15 is 0 Å². The summed E-state index contributed by atoms with van der Waals surface area (Å²) in [6.07, 6.45) is 1.62. The minimum atomic E-state index is -0.454. The van der Waals surface area contributed by atoms with E-state index in [0.29, 0.717) is 11.6 Å². The number of anilines is 1. The smallest absolute Gasteiger partial charge is 0.279 e. The lowest BCUT2D eigenvalue weighted by molar-refractivity contribution is -0.117. The van der Waals surface area contributed by atoms with Gasteiger partial charge in [-0.3, -0.25) is 14.7 Å². The van der Waals surface area contributed by atoms with Crippen LogP contribution in [-0.4, -0.2) is 33.1 Å². The standard InChI is InChI=1S/C8H10N4O2S/c1-4-2-9-12-6(4)11-7(13)5-3-15-8(14)10-5/h2,5H,3H2,1H3,(H,10,14)(H2,9,11,12,13). The Morgan fingerprint density at radius 3 is 3.07 bits per heavy atom. The molecule has 0 radical (unpaired) electrons. The fourth-order valence-electron chi connectivity index (χ4n) is 1.21. The Hall–Kier alpha value is -1.50. The van der Waals surface area contributed by atoms with Gasteiger partial charge in [-0.15, -0.1) is 0 Å². The molecule has 1 fully saturated rings. The van der Waals surface area contributed by atoms with Crippen molar-refractivity contribution in [3.63, 3.8) is 0 Å². The maximum absolute atomic E-state index is 11.6. The summed E-state index contributed by atoms with van der Waals surface area (Å²) in [5, 5.41) is 11.5. The van der Waals surface area contributed by atoms with Crippen LogP contribution in [0.25, 0.3) is 0 Å². The summed E-state index contributed by atoms with van der Waals surface area (Å²) >= 11 is 1.11. The van der Waals surface area contributed by atoms with E-state index in [1.807, 2.05) is 6.92 Å². The molecule has 1 aromatic rings. The number of amides is 2. The second-order valence-electron chi connectivity index (χ2n) is 3.21. The van der Waals surface area contributed by atoms with Gasteiger partial charge in [-0.1, -0.05) is 11.8 Å². The number of carbonyl (C=O) groups excluding carboxylic acids is 2. The van der Waals surface area contributed by atoms with Crippen molar-refractivity contribution in [3.05, 3.63) is 11.8 Å². The highest BCUT2D eigenvalue weighted by Gasteiger charge is 2.28. The van der Waals surface area contributed by atoms with E-state index in [2.05, 4.69) is 20.8 Å². The lowest BCUT2D eigenvalue weighted by atomic mass is 10.3. The Bertz CT molecular complexity index is 403. The van der Waals surface area contributed by atoms with Gasteiger partial charge in [-0.25, -0.2) is 0 Å². The van der Waals surface area contributed by atoms with Crippen molar-refractivity contribution in [1.29, 1.82) is 0 Å². The Balaban J connectivity index is 1.98. The molecular formula is C8H10N4O2S. The highest BCUT2D eigenvalue weighted by Crippen LogP contribution is 2.15. The van der Waals surface area contributed by atoms with Crippen LogP contribution in [0.3, 0.4) is 0 Å². The lowest BCUT2D eigenvalue weighted by Gasteiger charge is -2.08. The Morgan fingerprint density at radius 2 is 2.53 bits per heavy atom. The second kappa shape index (κ2) is 3.93. The number of hydrogen-bond donors (Lipinski definition) is 3. The zero-order valence-electron chi connectivity index (χ0n) is 8.03. The molecule has 15 heavy (non-hydrogen) atoms. The van der Waals surface area contributed by atoms with Crippen LogP contribution in [0.4, 0.5) is 10.6 Å². The monoisotopic (exact) mass is 226 g/mol. The first kappa shape index (κ1) is 10.0. The van der Waals surface area contributed by atoms with Crippen molar-refractivity contribution in [2.24, 2.45) is 0 Å². The first-order valence-electron chi connectivity index (χ1n) is 4.41. The number of aromatic amines is 1. The Kier molecular flexibility index (Phi) is 2.63. The summed E-state index contributed by atoms with van der Waals surface area (Å²) in [6, 6.07) is -0.454. The van der Waals surface area contributed by atoms with E-state index in [1.165, 1.54) is 0 Å². The first-order valence-corrected chi connectivity index (χ1v) is 5.39. The number of H-pyrrole nitrogens is 1. The van der Waals surface area contributed by atoms with Crippen molar-refractivity contribution < 1.29 is 9.59 Å². The fourth-order valence-corrected chi connectivity index (χ4v) is 1.99. The lowest BCUT2D eigenvalue weighted by Crippen LogP contribution is -2.38. The highest BCUT2D eigenvalue weighted by atomic mass is 32.2. The summed E-state index contributed by atoms with van der Waals surface area (Å²) in [5.41, 5.74) is 0.861. The third kappa shape index (κ3) is 2.12. The summed E-state index contributed by atoms with van der Waals surface area (Å²) in [6.45, 7) is 1.83. The molecule has 2 rings (SSSR count). The summed E-state index contributed by atoms with van der Waals surface area (Å²) in [5.74, 6) is 0.824. The number of nitrogens with one attached hydrogen (secondary N) is 3. The van der Waals surface area contributed by atoms with E-state index in [1.54, 1.807) is 6.20 Å². The molecule has 0 aromatic carbocycles. The van der Waals surface area contributed by atoms with Crippen molar-refractivity contribution in [2.45, 2.75) is 13.0 Å². The van der Waals surface area contributed by atoms with Crippen LogP contribution in [0.5, 0.6) is 0 Å². The van der Waals surface area contributed by atoms with Gasteiger partial charge in [-0.05, 0) is 6.92 Å². The number of hydrogen-bond acceptors (Lipinski definition) is 4. The van der Waals surface area contributed by atoms with Crippen LogP contribution in [0.15, 0.2) is 6.20 Å². The summed E-state index contributed by atoms with van der Waals surface area (Å²) in [4.78, 5) is 22.5. The molecule has 1 aliphatic rings. The van der Waals surface area contributed by atoms with Gasteiger partial charge in [0.05, 0.1) is 6.20 Å². The highest BCUT2D eigenvalue weighted by molar-refractivity contribution is 8.14. The fraction of sp³-hybridized carbons (Fsp3) is 0.375. The molecule has 3 N–H and O–H groups in total. The maximum atomic E-state index is 11.6. The number of aromatic nitrogens is 2. The molecule has 1 aliphatic heterocycles. The van der Waals surface area contributed by atoms with Gasteiger partial charge in [0.15, 0.2) is 0 Å². The number of carbonyl (C=O) groups is 2. The minimum Gasteiger partial charge on any atom is -0.334 e. The number of aryl methyl sites for hydroxylation is 1. The average molecular weight is 226 g/mol. The van der Waals surface area contributed by atoms with Crippen molar-refractivity contribution in [2.75, 3.05) is 11.1 Å². The molecule has 1 atom stereocenters. The first-order chi connectivity index (χ1) is 7.16. The molecule has 6 nitrogen and oxygen atoms in total. The summed E-state index contributed by atoms with van der Waals surface area (Å²) < 4.78 is 0. The maximum Gasteiger partial charge on any atom is 0.279 e. The minimum absolute atomic E-state index is 0.156. The van der Waals surface area contributed by atoms with Crippen LogP contribution in [0, 0.1) is 6.92 Å². The van der Waals surface area contributed by atoms with Crippen LogP contribution in [0.1, 0.15) is 5.56 Å². The molecule has 0 aliphatic carbocycles. The third-order valence-electron chi connectivity index (χ3n) is 2.07. The van der Waals surface area contributed by atoms with Crippen LogP contribution < -0.4 is 10.6 Å². The largest absolute Gasteiger partial charge is 0.334 e. The van der Waals surface area contributed by atoms with Crippen LogP contribution >= 0.6 is 11.8 Å². The quantitative estimate of drug-likeness (QED) is 0.684. The van der Waals surface area contributed by atoms with Gasteiger partial charge < -0.3 is 10.6 Å². The van der Waals surface area contributed by atoms with E-state index in [9.17, 15) is 9.59 Å². The van der Waals surface area contributed by atoms with Crippen molar-refractivity contribution in [3.8, 4) is 0 Å². The van der Waals surface area contributed by atoms with Gasteiger partial charge in [0.1, 0.15) is 11.9 Å². The molecule has 2 amide bonds. The SMILES string of the molecule is Cc1cn[nH]c1NC(=O)C1CSC(=O)N1. The predicted molar refractivity (Wildman–Crippen MR) is 56.7 cm³/mol. The number of thioether (sulfide) groups is 1. The van der Waals surface area contributed by atoms with Gasteiger partial charge >= 0.3 is 0 Å². The zero-order valence-corrected chi connectivity index (χ0v) is 8.85. The molecule has 1 unspecified atom stereocenters. The summed E-state index contributed by atoms with van der Waals surface area (Å²) in [7, 11) is 0. The third-order valence-corrected chi connectivity index (χ3v) is 2.95. The molecule has 1 saturated heterocycles. The van der Waals surface area contributed by atoms with Gasteiger partial charge in [0, 0.05) is 11.3 Å². The topological polar surface area (TPSA) is 86.9 Å². The molecule has 7 heteroatoms. The second-order valence-corrected chi connectivity index (χ2v) is 4.21. The number of nitrogens with zero attached hydrogens (tertiary/aromatic N) is 1. The van der Waals surface area contributed by atoms with E-state index in [4.69, 9.17) is 0 Å². The molecule has 0 bridgehead atoms. The molecule has 0 spiro atoms. The molecule has 80 valence electrons. The predicted octanol–water partition coefficient (Wildman–Crippen LogP) is 0.482. The van der Waals surface area contributed by atoms with Gasteiger partial charge in [0.2, 0.25) is 5.91 Å². The normalized spacial score (nSPS) is 20.1. The van der Waals surface area contributed by atoms with E-state index in [0.717, 1.165) is 17.3 Å². The number of rotatable bonds is 2. The van der Waals surface area contributed by atoms with Crippen molar-refractivity contribution >= 4 is 28.7 Å². The molecule has 2 heterocycles. The van der Waals surface area contributed by atoms with Crippen molar-refractivity contribution in [1.82, 2.24) is 15.5 Å². The van der Waals surface area contributed by atoms with Gasteiger partial charge in [0.25, 0.3) is 5.24 Å². The molecule has 0 saturated carbocycles. The Morgan fingerprint density at radius 1 is 1.73 bits per heavy atom. The Labute approximate surface area is 90.2 Å². The van der Waals surface area contributed by atoms with Crippen LogP contribution in [0.2, 0.25) is 0 Å².